The minimum absolute atomic E-state index is 0.459. The molecule has 0 unspecified atom stereocenters. The maximum Gasteiger partial charge on any atom is 0.314 e. The lowest BCUT2D eigenvalue weighted by Crippen LogP contribution is -2.07. The molecule has 2 aromatic carbocycles. The summed E-state index contributed by atoms with van der Waals surface area (Å²) in [5, 5.41) is 19.9. The first-order valence-electron chi connectivity index (χ1n) is 6.45. The van der Waals surface area contributed by atoms with E-state index >= 15 is 0 Å². The molecule has 0 radical (unpaired) electrons. The number of nitrogens with zero attached hydrogens (tertiary/aromatic N) is 1. The lowest BCUT2D eigenvalue weighted by atomic mass is 10.1. The van der Waals surface area contributed by atoms with E-state index in [1.54, 1.807) is 6.07 Å². The molecule has 0 aromatic heterocycles. The molecule has 0 atom stereocenters. The van der Waals surface area contributed by atoms with Crippen molar-refractivity contribution in [3.8, 4) is 11.8 Å². The summed E-state index contributed by atoms with van der Waals surface area (Å²) in [5.41, 5.74) is -0.454. The predicted octanol–water partition coefficient (Wildman–Crippen LogP) is 2.71. The molecule has 0 amide bonds. The van der Waals surface area contributed by atoms with Crippen LogP contribution in [-0.4, -0.2) is 16.7 Å². The van der Waals surface area contributed by atoms with E-state index in [-0.39, 0.29) is 0 Å². The van der Waals surface area contributed by atoms with Crippen LogP contribution in [0.3, 0.4) is 0 Å². The van der Waals surface area contributed by atoms with Crippen LogP contribution in [0.2, 0.25) is 0 Å². The second-order valence-corrected chi connectivity index (χ2v) is 5.67. The first-order chi connectivity index (χ1) is 9.58. The molecule has 0 aliphatic heterocycles. The van der Waals surface area contributed by atoms with Crippen LogP contribution >= 0.6 is 0 Å². The summed E-state index contributed by atoms with van der Waals surface area (Å²) >= 11 is 0. The summed E-state index contributed by atoms with van der Waals surface area (Å²) in [4.78, 5) is 11.1. The fraction of sp³-hybridized carbons (Fsp3) is 0.250. The van der Waals surface area contributed by atoms with Crippen LogP contribution in [0.25, 0.3) is 10.8 Å². The van der Waals surface area contributed by atoms with Gasteiger partial charge in [0.1, 0.15) is 16.8 Å². The maximum atomic E-state index is 11.1. The molecular formula is C16H11NO3. The Morgan fingerprint density at radius 1 is 1.20 bits per heavy atom. The van der Waals surface area contributed by atoms with Crippen LogP contribution < -0.4 is 4.74 Å². The Bertz CT molecular complexity index is 797. The van der Waals surface area contributed by atoms with E-state index in [2.05, 4.69) is 6.07 Å². The highest BCUT2D eigenvalue weighted by Gasteiger charge is 2.91. The third-order valence-corrected chi connectivity index (χ3v) is 4.46. The van der Waals surface area contributed by atoms with Gasteiger partial charge in [0.25, 0.3) is 0 Å². The molecule has 0 spiro atoms. The number of hydrogen-bond donors (Lipinski definition) is 1. The SMILES string of the molecule is N#Cc1ccc2cc(OC34CC3(C(=O)O)C4)ccc2c1. The number of ether oxygens (including phenoxy) is 1. The molecule has 2 aromatic rings. The van der Waals surface area contributed by atoms with Crippen LogP contribution in [0.5, 0.6) is 5.75 Å². The number of nitriles is 1. The summed E-state index contributed by atoms with van der Waals surface area (Å²) in [7, 11) is 0. The molecule has 98 valence electrons. The molecule has 2 aliphatic rings. The van der Waals surface area contributed by atoms with Gasteiger partial charge in [-0.15, -0.1) is 0 Å². The zero-order chi connectivity index (χ0) is 14.0. The third-order valence-electron chi connectivity index (χ3n) is 4.46. The van der Waals surface area contributed by atoms with Crippen molar-refractivity contribution in [2.24, 2.45) is 5.41 Å². The number of hydrogen-bond acceptors (Lipinski definition) is 3. The first-order valence-corrected chi connectivity index (χ1v) is 6.45. The number of carboxylic acid groups (broad SMARTS) is 1. The maximum absolute atomic E-state index is 11.1. The zero-order valence-electron chi connectivity index (χ0n) is 10.6. The second kappa shape index (κ2) is 3.31. The molecule has 20 heavy (non-hydrogen) atoms. The van der Waals surface area contributed by atoms with Crippen molar-refractivity contribution in [1.82, 2.24) is 0 Å². The molecule has 0 saturated heterocycles. The molecule has 2 aliphatic carbocycles. The van der Waals surface area contributed by atoms with E-state index < -0.39 is 17.0 Å². The Kier molecular flexibility index (Phi) is 1.87. The number of carboxylic acids is 1. The number of rotatable bonds is 3. The summed E-state index contributed by atoms with van der Waals surface area (Å²) in [6.07, 6.45) is 1.22. The van der Waals surface area contributed by atoms with Gasteiger partial charge in [0, 0.05) is 12.8 Å². The topological polar surface area (TPSA) is 70.3 Å². The minimum atomic E-state index is -0.753. The summed E-state index contributed by atoms with van der Waals surface area (Å²) in [5.74, 6) is -0.0558. The van der Waals surface area contributed by atoms with E-state index in [1.165, 1.54) is 0 Å². The van der Waals surface area contributed by atoms with Gasteiger partial charge in [-0.1, -0.05) is 12.1 Å². The lowest BCUT2D eigenvalue weighted by Gasteiger charge is -2.09. The molecule has 4 rings (SSSR count). The van der Waals surface area contributed by atoms with Gasteiger partial charge in [-0.05, 0) is 35.0 Å². The van der Waals surface area contributed by atoms with E-state index in [1.807, 2.05) is 30.3 Å². The van der Waals surface area contributed by atoms with E-state index in [4.69, 9.17) is 15.1 Å². The Morgan fingerprint density at radius 3 is 2.55 bits per heavy atom. The lowest BCUT2D eigenvalue weighted by molar-refractivity contribution is -0.141. The normalized spacial score (nSPS) is 29.4. The second-order valence-electron chi connectivity index (χ2n) is 5.67. The van der Waals surface area contributed by atoms with Gasteiger partial charge in [0.2, 0.25) is 0 Å². The van der Waals surface area contributed by atoms with Crippen LogP contribution in [0.15, 0.2) is 36.4 Å². The average molecular weight is 265 g/mol. The first kappa shape index (κ1) is 11.3. The Balaban J connectivity index is 1.64. The molecule has 2 fully saturated rings. The van der Waals surface area contributed by atoms with Gasteiger partial charge in [0.05, 0.1) is 11.6 Å². The molecule has 0 bridgehead atoms. The average Bonchev–Trinajstić information content (AvgIpc) is 3.25. The standard InChI is InChI=1S/C16H11NO3/c17-7-10-1-2-12-6-13(4-3-11(12)5-10)20-16-8-15(16,9-16)14(18)19/h1-6H,8-9H2,(H,18,19). The minimum Gasteiger partial charge on any atom is -0.486 e. The quantitative estimate of drug-likeness (QED) is 0.926. The van der Waals surface area contributed by atoms with Gasteiger partial charge in [-0.2, -0.15) is 5.26 Å². The summed E-state index contributed by atoms with van der Waals surface area (Å²) in [6.45, 7) is 0. The number of carbonyl (C=O) groups is 1. The molecule has 1 N–H and O–H groups in total. The van der Waals surface area contributed by atoms with Gasteiger partial charge in [-0.3, -0.25) is 4.79 Å². The predicted molar refractivity (Wildman–Crippen MR) is 71.3 cm³/mol. The van der Waals surface area contributed by atoms with Crippen molar-refractivity contribution in [2.75, 3.05) is 0 Å². The van der Waals surface area contributed by atoms with Crippen molar-refractivity contribution in [2.45, 2.75) is 18.4 Å². The molecule has 4 nitrogen and oxygen atoms in total. The Morgan fingerprint density at radius 2 is 1.90 bits per heavy atom. The largest absolute Gasteiger partial charge is 0.486 e. The number of aliphatic carboxylic acids is 1. The van der Waals surface area contributed by atoms with E-state index in [0.29, 0.717) is 24.2 Å². The van der Waals surface area contributed by atoms with Gasteiger partial charge in [-0.25, -0.2) is 0 Å². The van der Waals surface area contributed by atoms with Crippen LogP contribution in [-0.2, 0) is 4.79 Å². The zero-order valence-corrected chi connectivity index (χ0v) is 10.6. The Hall–Kier alpha value is -2.54. The Labute approximate surface area is 115 Å². The van der Waals surface area contributed by atoms with Crippen LogP contribution in [0, 0.1) is 16.7 Å². The molecule has 4 heteroatoms. The smallest absolute Gasteiger partial charge is 0.314 e. The van der Waals surface area contributed by atoms with E-state index in [0.717, 1.165) is 10.8 Å². The van der Waals surface area contributed by atoms with Gasteiger partial charge >= 0.3 is 5.97 Å². The molecule has 0 heterocycles. The van der Waals surface area contributed by atoms with Crippen molar-refractivity contribution in [1.29, 1.82) is 5.26 Å². The third kappa shape index (κ3) is 1.32. The highest BCUT2D eigenvalue weighted by molar-refractivity contribution is 5.88. The number of fused-ring (bicyclic) bond motifs is 2. The highest BCUT2D eigenvalue weighted by atomic mass is 16.5. The highest BCUT2D eigenvalue weighted by Crippen LogP contribution is 2.80. The van der Waals surface area contributed by atoms with Crippen molar-refractivity contribution in [3.05, 3.63) is 42.0 Å². The van der Waals surface area contributed by atoms with Crippen LogP contribution in [0.4, 0.5) is 0 Å². The van der Waals surface area contributed by atoms with Gasteiger partial charge in [0.15, 0.2) is 0 Å². The summed E-state index contributed by atoms with van der Waals surface area (Å²) in [6, 6.07) is 13.2. The molecular weight excluding hydrogens is 254 g/mol. The fourth-order valence-electron chi connectivity index (χ4n) is 2.93. The number of benzene rings is 2. The van der Waals surface area contributed by atoms with Gasteiger partial charge < -0.3 is 9.84 Å². The fourth-order valence-corrected chi connectivity index (χ4v) is 2.93. The van der Waals surface area contributed by atoms with E-state index in [9.17, 15) is 4.79 Å². The molecule has 2 saturated carbocycles. The summed E-state index contributed by atoms with van der Waals surface area (Å²) < 4.78 is 5.87. The van der Waals surface area contributed by atoms with Crippen molar-refractivity contribution < 1.29 is 14.6 Å². The van der Waals surface area contributed by atoms with Crippen molar-refractivity contribution in [3.63, 3.8) is 0 Å². The van der Waals surface area contributed by atoms with Crippen LogP contribution in [0.1, 0.15) is 18.4 Å². The monoisotopic (exact) mass is 265 g/mol. The van der Waals surface area contributed by atoms with Crippen molar-refractivity contribution >= 4 is 16.7 Å².